The molecule has 0 radical (unpaired) electrons. The van der Waals surface area contributed by atoms with Gasteiger partial charge in [-0.15, -0.1) is 0 Å². The fraction of sp³-hybridized carbons (Fsp3) is 1.00. The lowest BCUT2D eigenvalue weighted by Gasteiger charge is -2.14. The van der Waals surface area contributed by atoms with Gasteiger partial charge in [-0.2, -0.15) is 0 Å². The van der Waals surface area contributed by atoms with Gasteiger partial charge in [0.15, 0.2) is 0 Å². The van der Waals surface area contributed by atoms with Crippen molar-refractivity contribution in [3.63, 3.8) is 0 Å². The van der Waals surface area contributed by atoms with E-state index in [1.54, 1.807) is 7.11 Å². The van der Waals surface area contributed by atoms with E-state index in [0.29, 0.717) is 12.1 Å². The molecule has 0 aliphatic carbocycles. The van der Waals surface area contributed by atoms with E-state index in [9.17, 15) is 0 Å². The molecule has 1 aliphatic heterocycles. The van der Waals surface area contributed by atoms with Gasteiger partial charge in [-0.3, -0.25) is 0 Å². The predicted molar refractivity (Wildman–Crippen MR) is 36.5 cm³/mol. The lowest BCUT2D eigenvalue weighted by Crippen LogP contribution is -2.37. The fourth-order valence-electron chi connectivity index (χ4n) is 1.19. The molecule has 9 heavy (non-hydrogen) atoms. The molecule has 3 nitrogen and oxygen atoms in total. The highest BCUT2D eigenvalue weighted by atomic mass is 16.5. The van der Waals surface area contributed by atoms with Gasteiger partial charge < -0.3 is 15.4 Å². The number of hydrogen-bond donors (Lipinski definition) is 2. The summed E-state index contributed by atoms with van der Waals surface area (Å²) in [7, 11) is 3.71. The quantitative estimate of drug-likeness (QED) is 0.513. The van der Waals surface area contributed by atoms with Crippen molar-refractivity contribution in [2.45, 2.75) is 12.1 Å². The van der Waals surface area contributed by atoms with Gasteiger partial charge in [0.25, 0.3) is 0 Å². The zero-order valence-corrected chi connectivity index (χ0v) is 5.98. The van der Waals surface area contributed by atoms with Crippen LogP contribution < -0.4 is 10.6 Å². The first-order valence-electron chi connectivity index (χ1n) is 3.29. The van der Waals surface area contributed by atoms with Crippen LogP contribution in [-0.2, 0) is 4.74 Å². The molecule has 1 aliphatic rings. The number of rotatable bonds is 2. The highest BCUT2D eigenvalue weighted by Crippen LogP contribution is 2.01. The SMILES string of the molecule is CN[C@@H]1CNC[C@H]1OC. The van der Waals surface area contributed by atoms with E-state index >= 15 is 0 Å². The van der Waals surface area contributed by atoms with Crippen LogP contribution in [0.4, 0.5) is 0 Å². The molecular formula is C6H14N2O. The standard InChI is InChI=1S/C6H14N2O/c1-7-5-3-8-4-6(5)9-2/h5-8H,3-4H2,1-2H3/t5-,6-/m1/s1. The number of methoxy groups -OCH3 is 1. The van der Waals surface area contributed by atoms with Crippen molar-refractivity contribution in [2.24, 2.45) is 0 Å². The first-order chi connectivity index (χ1) is 4.38. The fourth-order valence-corrected chi connectivity index (χ4v) is 1.19. The molecule has 0 unspecified atom stereocenters. The molecule has 2 N–H and O–H groups in total. The smallest absolute Gasteiger partial charge is 0.0860 e. The Balaban J connectivity index is 2.32. The molecule has 2 atom stereocenters. The Bertz CT molecular complexity index is 77.1. The maximum atomic E-state index is 5.19. The third-order valence-electron chi connectivity index (χ3n) is 1.83. The number of nitrogens with one attached hydrogen (secondary N) is 2. The van der Waals surface area contributed by atoms with Gasteiger partial charge in [0.2, 0.25) is 0 Å². The van der Waals surface area contributed by atoms with Crippen LogP contribution in [0.3, 0.4) is 0 Å². The molecular weight excluding hydrogens is 116 g/mol. The zero-order chi connectivity index (χ0) is 6.69. The van der Waals surface area contributed by atoms with Gasteiger partial charge in [-0.1, -0.05) is 0 Å². The van der Waals surface area contributed by atoms with Crippen LogP contribution in [0, 0.1) is 0 Å². The van der Waals surface area contributed by atoms with Crippen molar-refractivity contribution < 1.29 is 4.74 Å². The minimum atomic E-state index is 0.356. The minimum Gasteiger partial charge on any atom is -0.378 e. The van der Waals surface area contributed by atoms with Crippen LogP contribution >= 0.6 is 0 Å². The zero-order valence-electron chi connectivity index (χ0n) is 5.98. The topological polar surface area (TPSA) is 33.3 Å². The lowest BCUT2D eigenvalue weighted by molar-refractivity contribution is 0.0987. The second-order valence-electron chi connectivity index (χ2n) is 2.33. The van der Waals surface area contributed by atoms with Crippen LogP contribution in [0.15, 0.2) is 0 Å². The molecule has 0 aromatic rings. The molecule has 1 saturated heterocycles. The van der Waals surface area contributed by atoms with Gasteiger partial charge in [0.1, 0.15) is 0 Å². The van der Waals surface area contributed by atoms with Crippen molar-refractivity contribution in [3.05, 3.63) is 0 Å². The maximum absolute atomic E-state index is 5.19. The Morgan fingerprint density at radius 1 is 1.56 bits per heavy atom. The number of ether oxygens (including phenoxy) is 1. The van der Waals surface area contributed by atoms with Gasteiger partial charge in [-0.25, -0.2) is 0 Å². The Morgan fingerprint density at radius 3 is 2.78 bits per heavy atom. The third kappa shape index (κ3) is 1.41. The summed E-state index contributed by atoms with van der Waals surface area (Å²) in [4.78, 5) is 0. The summed E-state index contributed by atoms with van der Waals surface area (Å²) < 4.78 is 5.19. The van der Waals surface area contributed by atoms with E-state index in [1.165, 1.54) is 0 Å². The summed E-state index contributed by atoms with van der Waals surface area (Å²) in [5, 5.41) is 6.41. The van der Waals surface area contributed by atoms with Crippen LogP contribution in [0.25, 0.3) is 0 Å². The number of hydrogen-bond acceptors (Lipinski definition) is 3. The van der Waals surface area contributed by atoms with Crippen LogP contribution in [0.2, 0.25) is 0 Å². The van der Waals surface area contributed by atoms with E-state index in [4.69, 9.17) is 4.74 Å². The molecule has 0 aromatic heterocycles. The van der Waals surface area contributed by atoms with E-state index in [1.807, 2.05) is 7.05 Å². The first kappa shape index (κ1) is 6.99. The highest BCUT2D eigenvalue weighted by molar-refractivity contribution is 4.86. The summed E-state index contributed by atoms with van der Waals surface area (Å²) in [5.41, 5.74) is 0. The Kier molecular flexibility index (Phi) is 2.45. The van der Waals surface area contributed by atoms with E-state index in [2.05, 4.69) is 10.6 Å². The second kappa shape index (κ2) is 3.15. The molecule has 3 heteroatoms. The Morgan fingerprint density at radius 2 is 2.33 bits per heavy atom. The largest absolute Gasteiger partial charge is 0.378 e. The van der Waals surface area contributed by atoms with Crippen molar-refractivity contribution in [1.82, 2.24) is 10.6 Å². The van der Waals surface area contributed by atoms with Crippen LogP contribution in [0.5, 0.6) is 0 Å². The van der Waals surface area contributed by atoms with Crippen LogP contribution in [-0.4, -0.2) is 39.4 Å². The average Bonchev–Trinajstić information content (AvgIpc) is 2.33. The minimum absolute atomic E-state index is 0.356. The summed E-state index contributed by atoms with van der Waals surface area (Å²) in [6.07, 6.45) is 0.356. The van der Waals surface area contributed by atoms with Crippen LogP contribution in [0.1, 0.15) is 0 Å². The summed E-state index contributed by atoms with van der Waals surface area (Å²) in [6, 6.07) is 0.495. The molecule has 0 bridgehead atoms. The molecule has 0 amide bonds. The third-order valence-corrected chi connectivity index (χ3v) is 1.83. The monoisotopic (exact) mass is 130 g/mol. The second-order valence-corrected chi connectivity index (χ2v) is 2.33. The molecule has 0 aromatic carbocycles. The average molecular weight is 130 g/mol. The first-order valence-corrected chi connectivity index (χ1v) is 3.29. The molecule has 0 spiro atoms. The van der Waals surface area contributed by atoms with E-state index in [0.717, 1.165) is 13.1 Å². The Hall–Kier alpha value is -0.120. The molecule has 1 rings (SSSR count). The van der Waals surface area contributed by atoms with E-state index < -0.39 is 0 Å². The van der Waals surface area contributed by atoms with Gasteiger partial charge >= 0.3 is 0 Å². The highest BCUT2D eigenvalue weighted by Gasteiger charge is 2.24. The van der Waals surface area contributed by atoms with Gasteiger partial charge in [0, 0.05) is 26.2 Å². The number of likely N-dealkylation sites (N-methyl/N-ethyl adjacent to an activating group) is 1. The van der Waals surface area contributed by atoms with E-state index in [-0.39, 0.29) is 0 Å². The van der Waals surface area contributed by atoms with Gasteiger partial charge in [-0.05, 0) is 7.05 Å². The molecule has 54 valence electrons. The molecule has 1 fully saturated rings. The normalized spacial score (nSPS) is 35.3. The molecule has 0 saturated carbocycles. The van der Waals surface area contributed by atoms with Crippen molar-refractivity contribution >= 4 is 0 Å². The Labute approximate surface area is 55.8 Å². The van der Waals surface area contributed by atoms with Gasteiger partial charge in [0.05, 0.1) is 6.10 Å². The maximum Gasteiger partial charge on any atom is 0.0860 e. The van der Waals surface area contributed by atoms with Crippen molar-refractivity contribution in [1.29, 1.82) is 0 Å². The van der Waals surface area contributed by atoms with Crippen molar-refractivity contribution in [3.8, 4) is 0 Å². The summed E-state index contributed by atoms with van der Waals surface area (Å²) in [5.74, 6) is 0. The van der Waals surface area contributed by atoms with Crippen molar-refractivity contribution in [2.75, 3.05) is 27.2 Å². The summed E-state index contributed by atoms with van der Waals surface area (Å²) >= 11 is 0. The predicted octanol–water partition coefficient (Wildman–Crippen LogP) is -0.807. The molecule has 1 heterocycles. The summed E-state index contributed by atoms with van der Waals surface area (Å²) in [6.45, 7) is 2.00. The lowest BCUT2D eigenvalue weighted by atomic mass is 10.2.